The fourth-order valence-corrected chi connectivity index (χ4v) is 3.25. The Morgan fingerprint density at radius 2 is 1.48 bits per heavy atom. The summed E-state index contributed by atoms with van der Waals surface area (Å²) in [6.07, 6.45) is 8.31. The Labute approximate surface area is 167 Å². The van der Waals surface area contributed by atoms with Crippen LogP contribution in [-0.2, 0) is 5.60 Å². The molecule has 1 atom stereocenters. The molecule has 4 nitrogen and oxygen atoms in total. The van der Waals surface area contributed by atoms with Gasteiger partial charge in [-0.2, -0.15) is 0 Å². The minimum absolute atomic E-state index is 0.378. The van der Waals surface area contributed by atoms with Crippen LogP contribution in [0.5, 0.6) is 0 Å². The fraction of sp³-hybridized carbons (Fsp3) is 0.0476. The highest BCUT2D eigenvalue weighted by molar-refractivity contribution is 6.35. The number of nitrogens with one attached hydrogen (secondary N) is 1. The van der Waals surface area contributed by atoms with Gasteiger partial charge in [0.25, 0.3) is 0 Å². The van der Waals surface area contributed by atoms with Crippen LogP contribution in [0.1, 0.15) is 16.7 Å². The topological polar surface area (TPSA) is 61.8 Å². The zero-order valence-corrected chi connectivity index (χ0v) is 15.8. The van der Waals surface area contributed by atoms with E-state index < -0.39 is 5.60 Å². The van der Waals surface area contributed by atoms with Crippen molar-refractivity contribution in [1.29, 1.82) is 0 Å². The van der Waals surface area contributed by atoms with E-state index in [1.54, 1.807) is 30.6 Å². The smallest absolute Gasteiger partial charge is 0.144 e. The van der Waals surface area contributed by atoms with Crippen LogP contribution in [0.15, 0.2) is 91.8 Å². The molecule has 0 radical (unpaired) electrons. The Morgan fingerprint density at radius 3 is 2.04 bits per heavy atom. The molecule has 1 unspecified atom stereocenters. The van der Waals surface area contributed by atoms with Gasteiger partial charge in [-0.1, -0.05) is 59.6 Å². The lowest BCUT2D eigenvalue weighted by molar-refractivity contribution is 0.125. The van der Waals surface area contributed by atoms with Gasteiger partial charge in [0.2, 0.25) is 0 Å². The molecule has 2 N–H and O–H groups in total. The van der Waals surface area contributed by atoms with E-state index in [9.17, 15) is 5.11 Å². The largest absolute Gasteiger partial charge is 0.376 e. The third kappa shape index (κ3) is 4.37. The lowest BCUT2D eigenvalue weighted by atomic mass is 9.81. The van der Waals surface area contributed by atoms with Crippen molar-refractivity contribution >= 4 is 23.2 Å². The Balaban J connectivity index is 0.000000364. The summed E-state index contributed by atoms with van der Waals surface area (Å²) in [7, 11) is 0. The third-order valence-corrected chi connectivity index (χ3v) is 4.53. The third-order valence-electron chi connectivity index (χ3n) is 3.99. The van der Waals surface area contributed by atoms with Crippen LogP contribution in [0.3, 0.4) is 0 Å². The Kier molecular flexibility index (Phi) is 6.24. The summed E-state index contributed by atoms with van der Waals surface area (Å²) in [5.74, 6) is 0. The average molecular weight is 398 g/mol. The van der Waals surface area contributed by atoms with E-state index in [1.807, 2.05) is 54.9 Å². The van der Waals surface area contributed by atoms with Crippen molar-refractivity contribution in [3.05, 3.63) is 119 Å². The van der Waals surface area contributed by atoms with Crippen LogP contribution < -0.4 is 0 Å². The predicted octanol–water partition coefficient (Wildman–Crippen LogP) is 5.08. The molecule has 0 spiro atoms. The Morgan fingerprint density at radius 1 is 0.815 bits per heavy atom. The summed E-state index contributed by atoms with van der Waals surface area (Å²) >= 11 is 12.3. The summed E-state index contributed by atoms with van der Waals surface area (Å²) in [6, 6.07) is 18.2. The molecule has 0 saturated heterocycles. The van der Waals surface area contributed by atoms with Gasteiger partial charge in [-0.25, -0.2) is 9.97 Å². The Hall–Kier alpha value is -2.66. The number of halogens is 2. The van der Waals surface area contributed by atoms with E-state index in [0.29, 0.717) is 26.7 Å². The van der Waals surface area contributed by atoms with Gasteiger partial charge < -0.3 is 10.1 Å². The molecule has 0 fully saturated rings. The number of rotatable bonds is 3. The van der Waals surface area contributed by atoms with Crippen molar-refractivity contribution in [3.63, 3.8) is 0 Å². The lowest BCUT2D eigenvalue weighted by Gasteiger charge is -2.30. The van der Waals surface area contributed by atoms with E-state index in [2.05, 4.69) is 15.0 Å². The molecule has 4 aromatic rings. The number of aromatic nitrogens is 3. The van der Waals surface area contributed by atoms with Crippen LogP contribution in [-0.4, -0.2) is 20.1 Å². The van der Waals surface area contributed by atoms with Crippen LogP contribution >= 0.6 is 23.2 Å². The maximum absolute atomic E-state index is 11.5. The first-order valence-corrected chi connectivity index (χ1v) is 8.94. The minimum Gasteiger partial charge on any atom is -0.376 e. The Bertz CT molecular complexity index is 905. The second-order valence-electron chi connectivity index (χ2n) is 5.71. The molecule has 2 aromatic heterocycles. The molecule has 0 bridgehead atoms. The standard InChI is InChI=1S/C17H12Cl2N2O.C4H5N/c18-14-6-7-15(16(19)8-14)17(22,12-4-2-1-3-5-12)13-9-20-11-21-10-13;1-2-4-5-3-1/h1-11,22H;1-5H. The summed E-state index contributed by atoms with van der Waals surface area (Å²) in [5.41, 5.74) is 0.281. The van der Waals surface area contributed by atoms with Crippen molar-refractivity contribution in [2.24, 2.45) is 0 Å². The molecule has 2 heterocycles. The summed E-state index contributed by atoms with van der Waals surface area (Å²) in [4.78, 5) is 10.9. The maximum atomic E-state index is 11.5. The summed E-state index contributed by atoms with van der Waals surface area (Å²) in [5, 5.41) is 12.4. The number of aliphatic hydroxyl groups is 1. The van der Waals surface area contributed by atoms with E-state index in [-0.39, 0.29) is 0 Å². The first-order valence-electron chi connectivity index (χ1n) is 8.19. The first kappa shape index (κ1) is 19.1. The first-order chi connectivity index (χ1) is 13.1. The number of aromatic amines is 1. The van der Waals surface area contributed by atoms with Crippen molar-refractivity contribution in [2.45, 2.75) is 5.60 Å². The second kappa shape index (κ2) is 8.82. The number of H-pyrrole nitrogens is 1. The van der Waals surface area contributed by atoms with Crippen LogP contribution in [0.4, 0.5) is 0 Å². The summed E-state index contributed by atoms with van der Waals surface area (Å²) in [6.45, 7) is 0. The van der Waals surface area contributed by atoms with Gasteiger partial charge in [-0.05, 0) is 29.8 Å². The van der Waals surface area contributed by atoms with Gasteiger partial charge in [0, 0.05) is 46.0 Å². The highest BCUT2D eigenvalue weighted by atomic mass is 35.5. The van der Waals surface area contributed by atoms with E-state index in [0.717, 1.165) is 0 Å². The molecular weight excluding hydrogens is 381 g/mol. The normalized spacial score (nSPS) is 12.6. The molecule has 2 aromatic carbocycles. The van der Waals surface area contributed by atoms with Crippen molar-refractivity contribution in [2.75, 3.05) is 0 Å². The predicted molar refractivity (Wildman–Crippen MR) is 108 cm³/mol. The van der Waals surface area contributed by atoms with Gasteiger partial charge in [-0.15, -0.1) is 0 Å². The monoisotopic (exact) mass is 397 g/mol. The highest BCUT2D eigenvalue weighted by Crippen LogP contribution is 2.40. The van der Waals surface area contributed by atoms with E-state index >= 15 is 0 Å². The van der Waals surface area contributed by atoms with Gasteiger partial charge in [0.15, 0.2) is 0 Å². The van der Waals surface area contributed by atoms with E-state index in [4.69, 9.17) is 23.2 Å². The average Bonchev–Trinajstić information content (AvgIpc) is 3.29. The molecule has 6 heteroatoms. The van der Waals surface area contributed by atoms with Crippen molar-refractivity contribution in [3.8, 4) is 0 Å². The molecular formula is C21H17Cl2N3O. The maximum Gasteiger partial charge on any atom is 0.144 e. The molecule has 0 aliphatic heterocycles. The van der Waals surface area contributed by atoms with Gasteiger partial charge in [0.1, 0.15) is 11.9 Å². The van der Waals surface area contributed by atoms with Gasteiger partial charge in [-0.3, -0.25) is 0 Å². The van der Waals surface area contributed by atoms with Crippen LogP contribution in [0, 0.1) is 0 Å². The number of hydrogen-bond donors (Lipinski definition) is 2. The number of nitrogens with zero attached hydrogens (tertiary/aromatic N) is 2. The lowest BCUT2D eigenvalue weighted by Crippen LogP contribution is -2.29. The molecule has 136 valence electrons. The fourth-order valence-electron chi connectivity index (χ4n) is 2.70. The van der Waals surface area contributed by atoms with Gasteiger partial charge >= 0.3 is 0 Å². The van der Waals surface area contributed by atoms with Crippen LogP contribution in [0.25, 0.3) is 0 Å². The number of hydrogen-bond acceptors (Lipinski definition) is 3. The molecule has 0 amide bonds. The minimum atomic E-state index is -1.45. The highest BCUT2D eigenvalue weighted by Gasteiger charge is 2.36. The zero-order chi connectivity index (χ0) is 19.1. The number of benzene rings is 2. The summed E-state index contributed by atoms with van der Waals surface area (Å²) < 4.78 is 0. The van der Waals surface area contributed by atoms with Crippen LogP contribution in [0.2, 0.25) is 10.0 Å². The molecule has 0 aliphatic rings. The molecule has 0 saturated carbocycles. The van der Waals surface area contributed by atoms with Crippen molar-refractivity contribution < 1.29 is 5.11 Å². The van der Waals surface area contributed by atoms with Crippen molar-refractivity contribution in [1.82, 2.24) is 15.0 Å². The SMILES string of the molecule is OC(c1ccccc1)(c1cncnc1)c1ccc(Cl)cc1Cl.c1cc[nH]c1. The molecule has 4 rings (SSSR count). The zero-order valence-electron chi connectivity index (χ0n) is 14.3. The second-order valence-corrected chi connectivity index (χ2v) is 6.56. The van der Waals surface area contributed by atoms with E-state index in [1.165, 1.54) is 6.33 Å². The van der Waals surface area contributed by atoms with Gasteiger partial charge in [0.05, 0.1) is 0 Å². The molecule has 27 heavy (non-hydrogen) atoms. The molecule has 0 aliphatic carbocycles. The quantitative estimate of drug-likeness (QED) is 0.506.